The number of fused-ring (bicyclic) bond motifs is 1. The van der Waals surface area contributed by atoms with E-state index in [9.17, 15) is 22.8 Å². The number of imidazole rings is 1. The predicted octanol–water partition coefficient (Wildman–Crippen LogP) is 6.43. The first-order chi connectivity index (χ1) is 19.8. The van der Waals surface area contributed by atoms with E-state index >= 15 is 0 Å². The molecule has 1 aliphatic heterocycles. The summed E-state index contributed by atoms with van der Waals surface area (Å²) in [6.07, 6.45) is 1.55. The van der Waals surface area contributed by atoms with Gasteiger partial charge in [0, 0.05) is 36.8 Å². The number of nitrogens with zero attached hydrogens (tertiary/aromatic N) is 3. The lowest BCUT2D eigenvalue weighted by atomic mass is 9.85. The second-order valence-corrected chi connectivity index (χ2v) is 12.1. The van der Waals surface area contributed by atoms with Gasteiger partial charge < -0.3 is 24.7 Å². The van der Waals surface area contributed by atoms with E-state index in [1.807, 2.05) is 26.8 Å². The minimum absolute atomic E-state index is 0.0771. The average molecular weight is 588 g/mol. The number of hydrogen-bond acceptors (Lipinski definition) is 6. The highest BCUT2D eigenvalue weighted by atomic mass is 19.4. The Morgan fingerprint density at radius 1 is 0.952 bits per heavy atom. The molecule has 2 aliphatic rings. The zero-order valence-corrected chi connectivity index (χ0v) is 24.0. The number of alkyl halides is 3. The van der Waals surface area contributed by atoms with Crippen LogP contribution < -0.4 is 10.1 Å². The summed E-state index contributed by atoms with van der Waals surface area (Å²) < 4.78 is 46.6. The fourth-order valence-corrected chi connectivity index (χ4v) is 5.83. The second-order valence-electron chi connectivity index (χ2n) is 12.1. The number of hydrogen-bond donors (Lipinski definition) is 2. The number of piperidine rings is 1. The molecule has 42 heavy (non-hydrogen) atoms. The Bertz CT molecular complexity index is 1400. The van der Waals surface area contributed by atoms with Gasteiger partial charge in [0.25, 0.3) is 5.91 Å². The van der Waals surface area contributed by atoms with Crippen LogP contribution in [0.3, 0.4) is 0 Å². The third-order valence-corrected chi connectivity index (χ3v) is 7.83. The number of rotatable bonds is 5. The first-order valence-electron chi connectivity index (χ1n) is 14.3. The summed E-state index contributed by atoms with van der Waals surface area (Å²) in [5, 5.41) is 2.98. The number of carbonyl (C=O) groups is 2. The highest BCUT2D eigenvalue weighted by Crippen LogP contribution is 2.36. The molecule has 1 aliphatic carbocycles. The summed E-state index contributed by atoms with van der Waals surface area (Å²) in [5.74, 6) is 0.781. The van der Waals surface area contributed by atoms with E-state index in [0.29, 0.717) is 18.7 Å². The van der Waals surface area contributed by atoms with Gasteiger partial charge in [-0.05, 0) is 101 Å². The molecule has 9 nitrogen and oxygen atoms in total. The molecule has 1 aromatic carbocycles. The van der Waals surface area contributed by atoms with Gasteiger partial charge in [-0.1, -0.05) is 0 Å². The largest absolute Gasteiger partial charge is 0.573 e. The second kappa shape index (κ2) is 11.8. The number of aromatic nitrogens is 3. The first-order valence-corrected chi connectivity index (χ1v) is 14.3. The van der Waals surface area contributed by atoms with Crippen LogP contribution in [0.5, 0.6) is 5.75 Å². The lowest BCUT2D eigenvalue weighted by Gasteiger charge is -2.32. The van der Waals surface area contributed by atoms with Gasteiger partial charge in [0.05, 0.1) is 0 Å². The maximum Gasteiger partial charge on any atom is 0.573 e. The van der Waals surface area contributed by atoms with Crippen molar-refractivity contribution in [1.82, 2.24) is 25.2 Å². The van der Waals surface area contributed by atoms with Gasteiger partial charge in [0.15, 0.2) is 5.65 Å². The predicted molar refractivity (Wildman–Crippen MR) is 149 cm³/mol. The van der Waals surface area contributed by atoms with Crippen LogP contribution in [0.1, 0.15) is 92.9 Å². The van der Waals surface area contributed by atoms with E-state index in [-0.39, 0.29) is 35.6 Å². The number of carbonyl (C=O) groups excluding carboxylic acids is 2. The van der Waals surface area contributed by atoms with Crippen LogP contribution in [0, 0.1) is 0 Å². The molecule has 0 bridgehead atoms. The van der Waals surface area contributed by atoms with Crippen LogP contribution in [0.15, 0.2) is 36.5 Å². The monoisotopic (exact) mass is 587 g/mol. The maximum absolute atomic E-state index is 13.0. The van der Waals surface area contributed by atoms with E-state index < -0.39 is 12.0 Å². The van der Waals surface area contributed by atoms with Crippen molar-refractivity contribution < 1.29 is 32.2 Å². The zero-order chi connectivity index (χ0) is 30.1. The SMILES string of the molecule is CC(C)(C)OC(=O)NC1CCC(c2nc3c(C4CCN(C(=O)c5ccc(OC(F)(F)F)cc5)CC4)ccnc3[nH]2)CC1. The van der Waals surface area contributed by atoms with Crippen molar-refractivity contribution in [3.8, 4) is 5.75 Å². The Morgan fingerprint density at radius 2 is 1.62 bits per heavy atom. The number of pyridine rings is 1. The number of nitrogens with one attached hydrogen (secondary N) is 2. The molecule has 226 valence electrons. The summed E-state index contributed by atoms with van der Waals surface area (Å²) in [6.45, 7) is 6.59. The van der Waals surface area contributed by atoms with Crippen LogP contribution >= 0.6 is 0 Å². The van der Waals surface area contributed by atoms with Crippen molar-refractivity contribution in [2.24, 2.45) is 0 Å². The molecule has 5 rings (SSSR count). The van der Waals surface area contributed by atoms with Crippen molar-refractivity contribution >= 4 is 23.2 Å². The highest BCUT2D eigenvalue weighted by Gasteiger charge is 2.32. The molecule has 2 aromatic heterocycles. The van der Waals surface area contributed by atoms with Gasteiger partial charge >= 0.3 is 12.5 Å². The molecule has 0 radical (unpaired) electrons. The standard InChI is InChI=1S/C30H36F3N5O4/c1-29(2,3)42-28(40)35-21-8-4-19(5-9-21)25-36-24-23(12-15-34-26(24)37-25)18-13-16-38(17-14-18)27(39)20-6-10-22(11-7-20)41-30(31,32)33/h6-7,10-12,15,18-19,21H,4-5,8-9,13-14,16-17H2,1-3H3,(H,35,40)(H,34,36,37). The van der Waals surface area contributed by atoms with Crippen molar-refractivity contribution in [1.29, 1.82) is 0 Å². The lowest BCUT2D eigenvalue weighted by molar-refractivity contribution is -0.274. The minimum atomic E-state index is -4.78. The molecule has 2 amide bonds. The summed E-state index contributed by atoms with van der Waals surface area (Å²) >= 11 is 0. The normalized spacial score (nSPS) is 20.4. The molecule has 1 saturated heterocycles. The Balaban J connectivity index is 1.18. The summed E-state index contributed by atoms with van der Waals surface area (Å²) in [7, 11) is 0. The topological polar surface area (TPSA) is 109 Å². The lowest BCUT2D eigenvalue weighted by Crippen LogP contribution is -2.40. The van der Waals surface area contributed by atoms with Crippen LogP contribution in [-0.4, -0.2) is 62.9 Å². The third-order valence-electron chi connectivity index (χ3n) is 7.83. The summed E-state index contributed by atoms with van der Waals surface area (Å²) in [5.41, 5.74) is 2.49. The molecule has 2 N–H and O–H groups in total. The van der Waals surface area contributed by atoms with E-state index in [2.05, 4.69) is 20.0 Å². The van der Waals surface area contributed by atoms with Crippen molar-refractivity contribution in [3.63, 3.8) is 0 Å². The van der Waals surface area contributed by atoms with Gasteiger partial charge in [-0.25, -0.2) is 14.8 Å². The van der Waals surface area contributed by atoms with Gasteiger partial charge in [0.2, 0.25) is 0 Å². The summed E-state index contributed by atoms with van der Waals surface area (Å²) in [6, 6.07) is 7.09. The number of amides is 2. The number of halogens is 3. The van der Waals surface area contributed by atoms with Crippen LogP contribution in [0.25, 0.3) is 11.2 Å². The van der Waals surface area contributed by atoms with Gasteiger partial charge in [-0.15, -0.1) is 13.2 Å². The van der Waals surface area contributed by atoms with Gasteiger partial charge in [-0.3, -0.25) is 4.79 Å². The van der Waals surface area contributed by atoms with Crippen LogP contribution in [0.4, 0.5) is 18.0 Å². The Morgan fingerprint density at radius 3 is 2.24 bits per heavy atom. The number of alkyl carbamates (subject to hydrolysis) is 1. The fraction of sp³-hybridized carbons (Fsp3) is 0.533. The van der Waals surface area contributed by atoms with Crippen LogP contribution in [0.2, 0.25) is 0 Å². The summed E-state index contributed by atoms with van der Waals surface area (Å²) in [4.78, 5) is 39.8. The Hall–Kier alpha value is -3.83. The molecule has 12 heteroatoms. The van der Waals surface area contributed by atoms with Crippen molar-refractivity contribution in [2.45, 2.75) is 89.1 Å². The van der Waals surface area contributed by atoms with Crippen LogP contribution in [-0.2, 0) is 4.74 Å². The van der Waals surface area contributed by atoms with Crippen molar-refractivity contribution in [3.05, 3.63) is 53.5 Å². The molecular weight excluding hydrogens is 551 g/mol. The van der Waals surface area contributed by atoms with Gasteiger partial charge in [0.1, 0.15) is 22.7 Å². The fourth-order valence-electron chi connectivity index (χ4n) is 5.83. The number of ether oxygens (including phenoxy) is 2. The molecule has 0 spiro atoms. The quantitative estimate of drug-likeness (QED) is 0.356. The molecule has 1 saturated carbocycles. The molecule has 3 heterocycles. The molecule has 0 atom stereocenters. The smallest absolute Gasteiger partial charge is 0.444 e. The van der Waals surface area contributed by atoms with E-state index in [1.165, 1.54) is 12.1 Å². The van der Waals surface area contributed by atoms with E-state index in [4.69, 9.17) is 9.72 Å². The van der Waals surface area contributed by atoms with Gasteiger partial charge in [-0.2, -0.15) is 0 Å². The highest BCUT2D eigenvalue weighted by molar-refractivity contribution is 5.94. The minimum Gasteiger partial charge on any atom is -0.444 e. The zero-order valence-electron chi connectivity index (χ0n) is 24.0. The molecule has 3 aromatic rings. The first kappa shape index (κ1) is 29.7. The molecule has 0 unspecified atom stereocenters. The number of H-pyrrole nitrogens is 1. The Labute approximate surface area is 242 Å². The maximum atomic E-state index is 13.0. The average Bonchev–Trinajstić information content (AvgIpc) is 3.36. The van der Waals surface area contributed by atoms with E-state index in [1.54, 1.807) is 11.1 Å². The van der Waals surface area contributed by atoms with E-state index in [0.717, 1.165) is 73.2 Å². The number of likely N-dealkylation sites (tertiary alicyclic amines) is 1. The Kier molecular flexibility index (Phi) is 8.34. The third kappa shape index (κ3) is 7.32. The molecule has 2 fully saturated rings. The number of aromatic amines is 1. The van der Waals surface area contributed by atoms with Crippen molar-refractivity contribution in [2.75, 3.05) is 13.1 Å². The molecular formula is C30H36F3N5O4. The number of benzene rings is 1.